The first-order valence-electron chi connectivity index (χ1n) is 6.72. The maximum absolute atomic E-state index is 5.71. The van der Waals surface area contributed by atoms with Gasteiger partial charge in [-0.15, -0.1) is 0 Å². The highest BCUT2D eigenvalue weighted by Gasteiger charge is 2.02. The Morgan fingerprint density at radius 2 is 1.85 bits per heavy atom. The van der Waals surface area contributed by atoms with Crippen molar-refractivity contribution >= 4 is 17.6 Å². The highest BCUT2D eigenvalue weighted by atomic mass is 15.1. The molecule has 0 radical (unpaired) electrons. The second kappa shape index (κ2) is 6.70. The van der Waals surface area contributed by atoms with Gasteiger partial charge in [-0.25, -0.2) is 0 Å². The predicted octanol–water partition coefficient (Wildman–Crippen LogP) is 2.20. The van der Waals surface area contributed by atoms with Gasteiger partial charge in [-0.05, 0) is 25.5 Å². The molecule has 0 amide bonds. The Labute approximate surface area is 118 Å². The average Bonchev–Trinajstić information content (AvgIpc) is 2.42. The lowest BCUT2D eigenvalue weighted by Gasteiger charge is -2.09. The molecule has 0 saturated carbocycles. The van der Waals surface area contributed by atoms with Gasteiger partial charge >= 0.3 is 0 Å². The van der Waals surface area contributed by atoms with Gasteiger partial charge in [0.2, 0.25) is 5.95 Å². The molecule has 0 atom stereocenters. The molecular formula is C14H20N6. The van der Waals surface area contributed by atoms with Gasteiger partial charge in [0.15, 0.2) is 0 Å². The number of hydrogen-bond donors (Lipinski definition) is 3. The fraction of sp³-hybridized carbons (Fsp3) is 0.357. The van der Waals surface area contributed by atoms with E-state index in [0.29, 0.717) is 12.4 Å². The van der Waals surface area contributed by atoms with Crippen molar-refractivity contribution in [3.8, 4) is 0 Å². The number of nitrogen functional groups attached to an aromatic ring is 1. The minimum absolute atomic E-state index is 0.255. The summed E-state index contributed by atoms with van der Waals surface area (Å²) in [7, 11) is 0. The number of nitrogens with two attached hydrogens (primary N) is 1. The summed E-state index contributed by atoms with van der Waals surface area (Å²) < 4.78 is 0. The SMILES string of the molecule is CCCNc1cc(NCc2cccc(C)n2)nc(N)n1. The van der Waals surface area contributed by atoms with Crippen LogP contribution in [0, 0.1) is 6.92 Å². The maximum Gasteiger partial charge on any atom is 0.223 e. The molecule has 4 N–H and O–H groups in total. The summed E-state index contributed by atoms with van der Waals surface area (Å²) in [6.07, 6.45) is 1.03. The first kappa shape index (κ1) is 14.0. The molecule has 0 spiro atoms. The fourth-order valence-corrected chi connectivity index (χ4v) is 1.78. The number of rotatable bonds is 6. The molecule has 0 aliphatic heterocycles. The van der Waals surface area contributed by atoms with Crippen molar-refractivity contribution in [3.05, 3.63) is 35.7 Å². The van der Waals surface area contributed by atoms with Crippen LogP contribution in [0.1, 0.15) is 24.7 Å². The maximum atomic E-state index is 5.71. The van der Waals surface area contributed by atoms with Gasteiger partial charge in [0.05, 0.1) is 12.2 Å². The van der Waals surface area contributed by atoms with Gasteiger partial charge < -0.3 is 16.4 Å². The van der Waals surface area contributed by atoms with Crippen LogP contribution in [0.5, 0.6) is 0 Å². The lowest BCUT2D eigenvalue weighted by atomic mass is 10.3. The van der Waals surface area contributed by atoms with Crippen LogP contribution < -0.4 is 16.4 Å². The zero-order chi connectivity index (χ0) is 14.4. The monoisotopic (exact) mass is 272 g/mol. The second-order valence-corrected chi connectivity index (χ2v) is 4.55. The van der Waals surface area contributed by atoms with Crippen LogP contribution in [0.4, 0.5) is 17.6 Å². The molecule has 2 aromatic heterocycles. The minimum atomic E-state index is 0.255. The zero-order valence-corrected chi connectivity index (χ0v) is 11.8. The van der Waals surface area contributed by atoms with Crippen molar-refractivity contribution in [1.29, 1.82) is 0 Å². The van der Waals surface area contributed by atoms with Crippen molar-refractivity contribution in [2.45, 2.75) is 26.8 Å². The van der Waals surface area contributed by atoms with Gasteiger partial charge in [-0.1, -0.05) is 13.0 Å². The van der Waals surface area contributed by atoms with E-state index in [1.807, 2.05) is 31.2 Å². The van der Waals surface area contributed by atoms with Crippen LogP contribution in [0.25, 0.3) is 0 Å². The quantitative estimate of drug-likeness (QED) is 0.747. The van der Waals surface area contributed by atoms with Crippen LogP contribution in [-0.2, 0) is 6.54 Å². The van der Waals surface area contributed by atoms with Crippen LogP contribution in [-0.4, -0.2) is 21.5 Å². The van der Waals surface area contributed by atoms with Gasteiger partial charge in [-0.3, -0.25) is 4.98 Å². The second-order valence-electron chi connectivity index (χ2n) is 4.55. The minimum Gasteiger partial charge on any atom is -0.370 e. The summed E-state index contributed by atoms with van der Waals surface area (Å²) >= 11 is 0. The first-order chi connectivity index (χ1) is 9.67. The van der Waals surface area contributed by atoms with Crippen LogP contribution in [0.2, 0.25) is 0 Å². The standard InChI is InChI=1S/C14H20N6/c1-3-7-16-12-8-13(20-14(15)19-12)17-9-11-6-4-5-10(2)18-11/h4-6,8H,3,7,9H2,1-2H3,(H4,15,16,17,19,20). The van der Waals surface area contributed by atoms with Gasteiger partial charge in [0, 0.05) is 18.3 Å². The Kier molecular flexibility index (Phi) is 4.70. The van der Waals surface area contributed by atoms with E-state index in [1.54, 1.807) is 0 Å². The molecule has 106 valence electrons. The topological polar surface area (TPSA) is 88.8 Å². The zero-order valence-electron chi connectivity index (χ0n) is 11.8. The number of aromatic nitrogens is 3. The fourth-order valence-electron chi connectivity index (χ4n) is 1.78. The third kappa shape index (κ3) is 4.08. The molecule has 2 rings (SSSR count). The molecule has 6 heteroatoms. The molecule has 2 heterocycles. The van der Waals surface area contributed by atoms with Crippen molar-refractivity contribution in [1.82, 2.24) is 15.0 Å². The van der Waals surface area contributed by atoms with Gasteiger partial charge in [0.1, 0.15) is 11.6 Å². The molecule has 0 fully saturated rings. The molecule has 20 heavy (non-hydrogen) atoms. The van der Waals surface area contributed by atoms with Crippen LogP contribution >= 0.6 is 0 Å². The van der Waals surface area contributed by atoms with Gasteiger partial charge in [0.25, 0.3) is 0 Å². The Morgan fingerprint density at radius 1 is 1.10 bits per heavy atom. The summed E-state index contributed by atoms with van der Waals surface area (Å²) in [5, 5.41) is 6.41. The molecule has 0 unspecified atom stereocenters. The molecule has 0 aliphatic carbocycles. The van der Waals surface area contributed by atoms with E-state index in [9.17, 15) is 0 Å². The number of hydrogen-bond acceptors (Lipinski definition) is 6. The van der Waals surface area contributed by atoms with Crippen molar-refractivity contribution in [2.75, 3.05) is 22.9 Å². The molecule has 0 saturated heterocycles. The van der Waals surface area contributed by atoms with E-state index in [4.69, 9.17) is 5.73 Å². The summed E-state index contributed by atoms with van der Waals surface area (Å²) in [5.41, 5.74) is 7.67. The molecule has 2 aromatic rings. The van der Waals surface area contributed by atoms with Crippen molar-refractivity contribution < 1.29 is 0 Å². The highest BCUT2D eigenvalue weighted by molar-refractivity contribution is 5.51. The Morgan fingerprint density at radius 3 is 2.55 bits per heavy atom. The highest BCUT2D eigenvalue weighted by Crippen LogP contribution is 2.13. The van der Waals surface area contributed by atoms with E-state index >= 15 is 0 Å². The molecular weight excluding hydrogens is 252 g/mol. The lowest BCUT2D eigenvalue weighted by Crippen LogP contribution is -2.09. The number of pyridine rings is 1. The van der Waals surface area contributed by atoms with E-state index in [0.717, 1.165) is 30.2 Å². The first-order valence-corrected chi connectivity index (χ1v) is 6.72. The Hall–Kier alpha value is -2.37. The number of anilines is 3. The summed E-state index contributed by atoms with van der Waals surface area (Å²) in [6, 6.07) is 7.78. The van der Waals surface area contributed by atoms with E-state index < -0.39 is 0 Å². The lowest BCUT2D eigenvalue weighted by molar-refractivity contribution is 0.962. The van der Waals surface area contributed by atoms with Crippen molar-refractivity contribution in [3.63, 3.8) is 0 Å². The summed E-state index contributed by atoms with van der Waals surface area (Å²) in [5.74, 6) is 1.68. The third-order valence-electron chi connectivity index (χ3n) is 2.70. The van der Waals surface area contributed by atoms with Crippen LogP contribution in [0.3, 0.4) is 0 Å². The average molecular weight is 272 g/mol. The summed E-state index contributed by atoms with van der Waals surface area (Å²) in [6.45, 7) is 5.53. The third-order valence-corrected chi connectivity index (χ3v) is 2.70. The van der Waals surface area contributed by atoms with E-state index in [2.05, 4.69) is 32.5 Å². The van der Waals surface area contributed by atoms with Gasteiger partial charge in [-0.2, -0.15) is 9.97 Å². The number of nitrogens with zero attached hydrogens (tertiary/aromatic N) is 3. The molecule has 0 aliphatic rings. The Bertz CT molecular complexity index is 569. The molecule has 0 bridgehead atoms. The smallest absolute Gasteiger partial charge is 0.223 e. The van der Waals surface area contributed by atoms with Crippen molar-refractivity contribution in [2.24, 2.45) is 0 Å². The largest absolute Gasteiger partial charge is 0.370 e. The number of nitrogens with one attached hydrogen (secondary N) is 2. The van der Waals surface area contributed by atoms with E-state index in [-0.39, 0.29) is 5.95 Å². The normalized spacial score (nSPS) is 10.3. The van der Waals surface area contributed by atoms with Crippen LogP contribution in [0.15, 0.2) is 24.3 Å². The predicted molar refractivity (Wildman–Crippen MR) is 81.5 cm³/mol. The molecule has 0 aromatic carbocycles. The summed E-state index contributed by atoms with van der Waals surface area (Å²) in [4.78, 5) is 12.7. The molecule has 6 nitrogen and oxygen atoms in total. The van der Waals surface area contributed by atoms with E-state index in [1.165, 1.54) is 0 Å². The number of aryl methyl sites for hydroxylation is 1. The Balaban J connectivity index is 2.03.